The van der Waals surface area contributed by atoms with Gasteiger partial charge in [0, 0.05) is 24.6 Å². The van der Waals surface area contributed by atoms with Crippen LogP contribution in [0.3, 0.4) is 0 Å². The minimum atomic E-state index is -0.580. The van der Waals surface area contributed by atoms with Crippen LogP contribution >= 0.6 is 0 Å². The Hall–Kier alpha value is -3.80. The maximum Gasteiger partial charge on any atom is 0.265 e. The van der Waals surface area contributed by atoms with Gasteiger partial charge in [-0.3, -0.25) is 19.0 Å². The fourth-order valence-corrected chi connectivity index (χ4v) is 3.60. The zero-order valence-electron chi connectivity index (χ0n) is 16.2. The Morgan fingerprint density at radius 3 is 2.13 bits per heavy atom. The third-order valence-corrected chi connectivity index (χ3v) is 5.12. The van der Waals surface area contributed by atoms with Gasteiger partial charge in [0.2, 0.25) is 0 Å². The van der Waals surface area contributed by atoms with Gasteiger partial charge in [-0.25, -0.2) is 4.98 Å². The van der Waals surface area contributed by atoms with Gasteiger partial charge in [-0.2, -0.15) is 0 Å². The summed E-state index contributed by atoms with van der Waals surface area (Å²) in [6.45, 7) is 0.231. The lowest BCUT2D eigenvalue weighted by atomic mass is 9.90. The van der Waals surface area contributed by atoms with E-state index in [9.17, 15) is 19.5 Å². The monoisotopic (exact) mass is 400 g/mol. The first-order valence-corrected chi connectivity index (χ1v) is 9.75. The number of aliphatic hydroxyl groups excluding tert-OH is 1. The quantitative estimate of drug-likeness (QED) is 0.411. The molecular formula is C24H20N2O4. The summed E-state index contributed by atoms with van der Waals surface area (Å²) in [5.41, 5.74) is 0.675. The number of carbonyl (C=O) groups is 2. The highest BCUT2D eigenvalue weighted by Crippen LogP contribution is 2.24. The van der Waals surface area contributed by atoms with Crippen LogP contribution in [0.15, 0.2) is 77.2 Å². The molecule has 6 nitrogen and oxygen atoms in total. The summed E-state index contributed by atoms with van der Waals surface area (Å²) >= 11 is 0. The van der Waals surface area contributed by atoms with Gasteiger partial charge in [-0.15, -0.1) is 0 Å². The van der Waals surface area contributed by atoms with E-state index in [1.165, 1.54) is 10.8 Å². The number of hydrogen-bond donors (Lipinski definition) is 1. The van der Waals surface area contributed by atoms with E-state index in [4.69, 9.17) is 0 Å². The van der Waals surface area contributed by atoms with Gasteiger partial charge in [0.15, 0.2) is 11.6 Å². The van der Waals surface area contributed by atoms with Crippen molar-refractivity contribution in [2.24, 2.45) is 0 Å². The Morgan fingerprint density at radius 2 is 1.50 bits per heavy atom. The molecule has 1 aliphatic rings. The van der Waals surface area contributed by atoms with Gasteiger partial charge >= 0.3 is 0 Å². The highest BCUT2D eigenvalue weighted by Gasteiger charge is 2.29. The summed E-state index contributed by atoms with van der Waals surface area (Å²) in [7, 11) is 0. The summed E-state index contributed by atoms with van der Waals surface area (Å²) in [4.78, 5) is 42.2. The number of aromatic nitrogens is 2. The van der Waals surface area contributed by atoms with Crippen molar-refractivity contribution in [3.63, 3.8) is 0 Å². The van der Waals surface area contributed by atoms with Crippen LogP contribution in [-0.4, -0.2) is 26.2 Å². The normalized spacial score (nSPS) is 14.1. The molecule has 30 heavy (non-hydrogen) atoms. The minimum Gasteiger partial charge on any atom is -0.506 e. The number of hydrogen-bond acceptors (Lipinski definition) is 5. The summed E-state index contributed by atoms with van der Waals surface area (Å²) in [6, 6.07) is 18.7. The van der Waals surface area contributed by atoms with E-state index in [0.717, 1.165) is 11.1 Å². The van der Waals surface area contributed by atoms with E-state index in [0.29, 0.717) is 12.2 Å². The maximum absolute atomic E-state index is 13.4. The molecule has 1 aromatic heterocycles. The molecule has 0 amide bonds. The third-order valence-electron chi connectivity index (χ3n) is 5.12. The number of Topliss-reactive ketones (excluding diaryl/α,β-unsaturated/α-hetero) is 2. The Labute approximate surface area is 173 Å². The highest BCUT2D eigenvalue weighted by molar-refractivity contribution is 6.25. The second-order valence-electron chi connectivity index (χ2n) is 7.16. The van der Waals surface area contributed by atoms with Crippen LogP contribution in [0.5, 0.6) is 0 Å². The number of carbonyl (C=O) groups excluding carboxylic acids is 2. The molecule has 0 atom stereocenters. The van der Waals surface area contributed by atoms with Crippen molar-refractivity contribution < 1.29 is 14.7 Å². The fourth-order valence-electron chi connectivity index (χ4n) is 3.60. The predicted octanol–water partition coefficient (Wildman–Crippen LogP) is 3.55. The first-order chi connectivity index (χ1) is 14.6. The first-order valence-electron chi connectivity index (χ1n) is 9.75. The van der Waals surface area contributed by atoms with Crippen molar-refractivity contribution in [1.29, 1.82) is 0 Å². The number of benzene rings is 2. The molecule has 1 fully saturated rings. The van der Waals surface area contributed by atoms with Crippen molar-refractivity contribution in [2.45, 2.75) is 25.8 Å². The largest absolute Gasteiger partial charge is 0.506 e. The molecule has 0 radical (unpaired) electrons. The van der Waals surface area contributed by atoms with Crippen molar-refractivity contribution in [1.82, 2.24) is 9.55 Å². The van der Waals surface area contributed by atoms with Crippen molar-refractivity contribution in [3.05, 3.63) is 93.9 Å². The van der Waals surface area contributed by atoms with Gasteiger partial charge in [0.1, 0.15) is 22.7 Å². The topological polar surface area (TPSA) is 89.3 Å². The average molecular weight is 400 g/mol. The minimum absolute atomic E-state index is 0.149. The van der Waals surface area contributed by atoms with E-state index < -0.39 is 22.9 Å². The lowest BCUT2D eigenvalue weighted by Crippen LogP contribution is -2.28. The number of rotatable bonds is 4. The third kappa shape index (κ3) is 3.72. The molecule has 0 spiro atoms. The first kappa shape index (κ1) is 19.5. The van der Waals surface area contributed by atoms with Gasteiger partial charge in [-0.1, -0.05) is 60.7 Å². The Balaban J connectivity index is 1.90. The summed E-state index contributed by atoms with van der Waals surface area (Å²) in [6.07, 6.45) is 2.05. The van der Waals surface area contributed by atoms with Crippen LogP contribution in [-0.2, 0) is 16.1 Å². The van der Waals surface area contributed by atoms with Gasteiger partial charge < -0.3 is 5.11 Å². The molecule has 0 saturated heterocycles. The molecule has 150 valence electrons. The zero-order valence-corrected chi connectivity index (χ0v) is 16.2. The number of allylic oxidation sites excluding steroid dienone is 1. The molecular weight excluding hydrogens is 380 g/mol. The number of aliphatic hydroxyl groups is 1. The van der Waals surface area contributed by atoms with Crippen molar-refractivity contribution in [3.8, 4) is 11.4 Å². The van der Waals surface area contributed by atoms with Crippen LogP contribution in [0, 0.1) is 0 Å². The van der Waals surface area contributed by atoms with Gasteiger partial charge in [0.25, 0.3) is 5.56 Å². The van der Waals surface area contributed by atoms with Crippen molar-refractivity contribution >= 4 is 17.3 Å². The van der Waals surface area contributed by atoms with E-state index in [2.05, 4.69) is 4.98 Å². The number of ketones is 2. The zero-order chi connectivity index (χ0) is 21.1. The standard InChI is InChI=1S/C24H20N2O4/c27-19-12-7-13-20(28)21(19)22(29)18-14-25-23(17-10-5-2-6-11-17)26(24(18)30)15-16-8-3-1-4-9-16/h1-6,8-11,14,29H,7,12-13,15H2. The maximum atomic E-state index is 13.4. The van der Waals surface area contributed by atoms with Crippen LogP contribution in [0.1, 0.15) is 30.4 Å². The average Bonchev–Trinajstić information content (AvgIpc) is 2.76. The molecule has 1 heterocycles. The molecule has 0 bridgehead atoms. The summed E-state index contributed by atoms with van der Waals surface area (Å²) < 4.78 is 1.45. The Kier molecular flexibility index (Phi) is 5.39. The van der Waals surface area contributed by atoms with Crippen molar-refractivity contribution in [2.75, 3.05) is 0 Å². The highest BCUT2D eigenvalue weighted by atomic mass is 16.3. The Morgan fingerprint density at radius 1 is 0.900 bits per heavy atom. The van der Waals surface area contributed by atoms with Crippen LogP contribution in [0.4, 0.5) is 0 Å². The van der Waals surface area contributed by atoms with Crippen LogP contribution in [0.25, 0.3) is 17.1 Å². The predicted molar refractivity (Wildman–Crippen MR) is 113 cm³/mol. The summed E-state index contributed by atoms with van der Waals surface area (Å²) in [5.74, 6) is -1.02. The molecule has 4 rings (SSSR count). The molecule has 6 heteroatoms. The van der Waals surface area contributed by atoms with Crippen LogP contribution < -0.4 is 5.56 Å². The number of nitrogens with zero attached hydrogens (tertiary/aromatic N) is 2. The van der Waals surface area contributed by atoms with E-state index in [1.807, 2.05) is 60.7 Å². The second-order valence-corrected chi connectivity index (χ2v) is 7.16. The molecule has 0 aliphatic heterocycles. The molecule has 2 aromatic carbocycles. The molecule has 3 aromatic rings. The molecule has 1 saturated carbocycles. The summed E-state index contributed by atoms with van der Waals surface area (Å²) in [5, 5.41) is 10.7. The van der Waals surface area contributed by atoms with E-state index >= 15 is 0 Å². The van der Waals surface area contributed by atoms with Gasteiger partial charge in [-0.05, 0) is 12.0 Å². The lowest BCUT2D eigenvalue weighted by molar-refractivity contribution is -0.123. The molecule has 0 unspecified atom stereocenters. The van der Waals surface area contributed by atoms with Crippen LogP contribution in [0.2, 0.25) is 0 Å². The second kappa shape index (κ2) is 8.29. The van der Waals surface area contributed by atoms with E-state index in [-0.39, 0.29) is 30.5 Å². The lowest BCUT2D eigenvalue weighted by Gasteiger charge is -2.16. The SMILES string of the molecule is O=C1CCCC(=O)C1=C(O)c1cnc(-c2ccccc2)n(Cc2ccccc2)c1=O. The molecule has 1 N–H and O–H groups in total. The van der Waals surface area contributed by atoms with E-state index in [1.54, 1.807) is 0 Å². The fraction of sp³-hybridized carbons (Fsp3) is 0.167. The smallest absolute Gasteiger partial charge is 0.265 e. The molecule has 1 aliphatic carbocycles. The van der Waals surface area contributed by atoms with Gasteiger partial charge in [0.05, 0.1) is 6.54 Å². The Bertz CT molecular complexity index is 1180.